The van der Waals surface area contributed by atoms with Crippen LogP contribution in [0.15, 0.2) is 40.4 Å². The molecule has 0 spiro atoms. The first-order valence-electron chi connectivity index (χ1n) is 6.56. The van der Waals surface area contributed by atoms with E-state index >= 15 is 0 Å². The number of H-pyrrole nitrogens is 1. The smallest absolute Gasteiger partial charge is 0.251 e. The van der Waals surface area contributed by atoms with Crippen LogP contribution in [0.2, 0.25) is 0 Å². The molecular formula is C15H17N3O2S. The summed E-state index contributed by atoms with van der Waals surface area (Å²) in [6.45, 7) is 5.75. The van der Waals surface area contributed by atoms with Gasteiger partial charge in [0.05, 0.1) is 5.25 Å². The molecule has 1 aromatic heterocycles. The van der Waals surface area contributed by atoms with Crippen molar-refractivity contribution >= 4 is 23.4 Å². The predicted molar refractivity (Wildman–Crippen MR) is 84.7 cm³/mol. The van der Waals surface area contributed by atoms with Crippen LogP contribution < -0.4 is 10.9 Å². The van der Waals surface area contributed by atoms with E-state index in [2.05, 4.69) is 15.3 Å². The van der Waals surface area contributed by atoms with E-state index in [4.69, 9.17) is 0 Å². The largest absolute Gasteiger partial charge is 0.325 e. The van der Waals surface area contributed by atoms with Crippen molar-refractivity contribution in [3.8, 4) is 0 Å². The molecule has 2 rings (SSSR count). The lowest BCUT2D eigenvalue weighted by Crippen LogP contribution is -2.23. The molecule has 0 aliphatic heterocycles. The Morgan fingerprint density at radius 3 is 2.81 bits per heavy atom. The van der Waals surface area contributed by atoms with E-state index in [0.29, 0.717) is 5.16 Å². The summed E-state index contributed by atoms with van der Waals surface area (Å²) in [5, 5.41) is 2.98. The fraction of sp³-hybridized carbons (Fsp3) is 0.267. The van der Waals surface area contributed by atoms with Crippen molar-refractivity contribution in [3.63, 3.8) is 0 Å². The molecule has 110 valence electrons. The molecule has 0 aliphatic carbocycles. The van der Waals surface area contributed by atoms with Crippen LogP contribution >= 0.6 is 11.8 Å². The van der Waals surface area contributed by atoms with Crippen molar-refractivity contribution in [1.29, 1.82) is 0 Å². The highest BCUT2D eigenvalue weighted by Crippen LogP contribution is 2.22. The number of aryl methyl sites for hydroxylation is 1. The van der Waals surface area contributed by atoms with Gasteiger partial charge in [-0.15, -0.1) is 0 Å². The van der Waals surface area contributed by atoms with Crippen molar-refractivity contribution in [2.45, 2.75) is 31.2 Å². The monoisotopic (exact) mass is 303 g/mol. The fourth-order valence-electron chi connectivity index (χ4n) is 1.75. The van der Waals surface area contributed by atoms with E-state index in [1.807, 2.05) is 32.0 Å². The first-order valence-corrected chi connectivity index (χ1v) is 7.44. The number of carbonyl (C=O) groups excluding carboxylic acids is 1. The van der Waals surface area contributed by atoms with Crippen molar-refractivity contribution in [3.05, 3.63) is 51.9 Å². The minimum absolute atomic E-state index is 0.125. The number of nitrogens with one attached hydrogen (secondary N) is 2. The van der Waals surface area contributed by atoms with E-state index in [1.165, 1.54) is 24.0 Å². The summed E-state index contributed by atoms with van der Waals surface area (Å²) in [4.78, 5) is 30.0. The summed E-state index contributed by atoms with van der Waals surface area (Å²) >= 11 is 1.22. The second-order valence-electron chi connectivity index (χ2n) is 4.74. The molecule has 0 bridgehead atoms. The van der Waals surface area contributed by atoms with Gasteiger partial charge in [-0.25, -0.2) is 4.98 Å². The Bertz CT molecular complexity index is 712. The molecule has 0 unspecified atom stereocenters. The number of benzene rings is 1. The molecule has 6 heteroatoms. The normalized spacial score (nSPS) is 12.0. The number of hydrogen-bond acceptors (Lipinski definition) is 4. The Morgan fingerprint density at radius 1 is 1.33 bits per heavy atom. The number of nitrogens with zero attached hydrogens (tertiary/aromatic N) is 1. The summed E-state index contributed by atoms with van der Waals surface area (Å²) in [5.41, 5.74) is 2.76. The van der Waals surface area contributed by atoms with Crippen molar-refractivity contribution in [2.24, 2.45) is 0 Å². The number of aromatic nitrogens is 2. The van der Waals surface area contributed by atoms with E-state index in [-0.39, 0.29) is 16.7 Å². The highest BCUT2D eigenvalue weighted by atomic mass is 32.2. The predicted octanol–water partition coefficient (Wildman–Crippen LogP) is 2.51. The lowest BCUT2D eigenvalue weighted by molar-refractivity contribution is -0.115. The third-order valence-corrected chi connectivity index (χ3v) is 4.17. The van der Waals surface area contributed by atoms with Gasteiger partial charge in [-0.2, -0.15) is 0 Å². The zero-order valence-corrected chi connectivity index (χ0v) is 13.0. The molecule has 1 amide bonds. The van der Waals surface area contributed by atoms with E-state index in [1.54, 1.807) is 6.92 Å². The van der Waals surface area contributed by atoms with Crippen molar-refractivity contribution in [2.75, 3.05) is 5.32 Å². The Kier molecular flexibility index (Phi) is 4.80. The number of carbonyl (C=O) groups is 1. The highest BCUT2D eigenvalue weighted by Gasteiger charge is 2.16. The van der Waals surface area contributed by atoms with Crippen LogP contribution in [-0.4, -0.2) is 21.1 Å². The first-order chi connectivity index (χ1) is 9.97. The maximum atomic E-state index is 12.2. The van der Waals surface area contributed by atoms with Gasteiger partial charge in [0.25, 0.3) is 5.56 Å². The number of thioether (sulfide) groups is 1. The van der Waals surface area contributed by atoms with Crippen LogP contribution in [0.5, 0.6) is 0 Å². The molecular weight excluding hydrogens is 286 g/mol. The Labute approximate surface area is 127 Å². The van der Waals surface area contributed by atoms with Gasteiger partial charge in [0, 0.05) is 18.0 Å². The summed E-state index contributed by atoms with van der Waals surface area (Å²) in [6, 6.07) is 7.12. The van der Waals surface area contributed by atoms with Crippen LogP contribution in [0.1, 0.15) is 18.1 Å². The molecule has 0 radical (unpaired) electrons. The fourth-order valence-corrected chi connectivity index (χ4v) is 2.54. The lowest BCUT2D eigenvalue weighted by atomic mass is 10.1. The summed E-state index contributed by atoms with van der Waals surface area (Å²) in [5.74, 6) is -0.125. The minimum Gasteiger partial charge on any atom is -0.325 e. The molecule has 1 heterocycles. The van der Waals surface area contributed by atoms with Gasteiger partial charge in [-0.1, -0.05) is 23.9 Å². The van der Waals surface area contributed by atoms with Crippen LogP contribution in [0.3, 0.4) is 0 Å². The van der Waals surface area contributed by atoms with Gasteiger partial charge in [0.15, 0.2) is 5.16 Å². The molecule has 1 aromatic carbocycles. The van der Waals surface area contributed by atoms with E-state index in [0.717, 1.165) is 16.8 Å². The van der Waals surface area contributed by atoms with Gasteiger partial charge in [0.2, 0.25) is 5.91 Å². The number of hydrogen-bond donors (Lipinski definition) is 2. The van der Waals surface area contributed by atoms with Crippen LogP contribution in [-0.2, 0) is 4.79 Å². The van der Waals surface area contributed by atoms with Crippen LogP contribution in [0, 0.1) is 13.8 Å². The summed E-state index contributed by atoms with van der Waals surface area (Å²) < 4.78 is 0. The Morgan fingerprint density at radius 2 is 2.10 bits per heavy atom. The Balaban J connectivity index is 2.06. The summed E-state index contributed by atoms with van der Waals surface area (Å²) in [6.07, 6.45) is 1.43. The third kappa shape index (κ3) is 3.95. The second-order valence-corrected chi connectivity index (χ2v) is 6.07. The van der Waals surface area contributed by atoms with Crippen LogP contribution in [0.4, 0.5) is 5.69 Å². The van der Waals surface area contributed by atoms with Gasteiger partial charge in [-0.3, -0.25) is 9.59 Å². The zero-order valence-electron chi connectivity index (χ0n) is 12.1. The SMILES string of the molecule is Cc1cccc(NC(=O)[C@@H](C)Sc2nccc(=O)[nH]2)c1C. The first kappa shape index (κ1) is 15.3. The maximum Gasteiger partial charge on any atom is 0.251 e. The number of anilines is 1. The topological polar surface area (TPSA) is 74.8 Å². The maximum absolute atomic E-state index is 12.2. The average Bonchev–Trinajstić information content (AvgIpc) is 2.44. The molecule has 0 aliphatic rings. The highest BCUT2D eigenvalue weighted by molar-refractivity contribution is 8.00. The average molecular weight is 303 g/mol. The molecule has 2 N–H and O–H groups in total. The van der Waals surface area contributed by atoms with Crippen molar-refractivity contribution in [1.82, 2.24) is 9.97 Å². The molecule has 0 saturated heterocycles. The van der Waals surface area contributed by atoms with Gasteiger partial charge in [-0.05, 0) is 38.0 Å². The van der Waals surface area contributed by atoms with E-state index in [9.17, 15) is 9.59 Å². The standard InChI is InChI=1S/C15H17N3O2S/c1-9-5-4-6-12(10(9)2)17-14(20)11(3)21-15-16-8-7-13(19)18-15/h4-8,11H,1-3H3,(H,17,20)(H,16,18,19)/t11-/m1/s1. The number of aromatic amines is 1. The number of rotatable bonds is 4. The quantitative estimate of drug-likeness (QED) is 0.672. The molecule has 2 aromatic rings. The minimum atomic E-state index is -0.365. The molecule has 0 saturated carbocycles. The molecule has 0 fully saturated rings. The van der Waals surface area contributed by atoms with E-state index < -0.39 is 0 Å². The molecule has 21 heavy (non-hydrogen) atoms. The second kappa shape index (κ2) is 6.58. The van der Waals surface area contributed by atoms with Crippen molar-refractivity contribution < 1.29 is 4.79 Å². The van der Waals surface area contributed by atoms with Crippen LogP contribution in [0.25, 0.3) is 0 Å². The summed E-state index contributed by atoms with van der Waals surface area (Å²) in [7, 11) is 0. The number of amides is 1. The molecule has 1 atom stereocenters. The third-order valence-electron chi connectivity index (χ3n) is 3.17. The Hall–Kier alpha value is -2.08. The molecule has 5 nitrogen and oxygen atoms in total. The van der Waals surface area contributed by atoms with Gasteiger partial charge >= 0.3 is 0 Å². The lowest BCUT2D eigenvalue weighted by Gasteiger charge is -2.14. The van der Waals surface area contributed by atoms with Gasteiger partial charge < -0.3 is 10.3 Å². The zero-order chi connectivity index (χ0) is 15.4. The van der Waals surface area contributed by atoms with Gasteiger partial charge in [0.1, 0.15) is 0 Å².